The Kier molecular flexibility index (Phi) is 5.16. The molecule has 2 aromatic carbocycles. The van der Waals surface area contributed by atoms with Crippen molar-refractivity contribution in [3.8, 4) is 5.75 Å². The van der Waals surface area contributed by atoms with Crippen molar-refractivity contribution >= 4 is 33.4 Å². The minimum atomic E-state index is -0.225. The summed E-state index contributed by atoms with van der Waals surface area (Å²) in [6.45, 7) is 1.39. The van der Waals surface area contributed by atoms with Crippen LogP contribution in [0.1, 0.15) is 46.4 Å². The molecule has 1 N–H and O–H groups in total. The van der Waals surface area contributed by atoms with Gasteiger partial charge >= 0.3 is 0 Å². The van der Waals surface area contributed by atoms with Crippen LogP contribution in [0.25, 0.3) is 0 Å². The number of ether oxygens (including phenoxy) is 1. The van der Waals surface area contributed by atoms with Crippen LogP contribution in [0.3, 0.4) is 0 Å². The van der Waals surface area contributed by atoms with E-state index in [1.165, 1.54) is 0 Å². The zero-order valence-corrected chi connectivity index (χ0v) is 16.5. The van der Waals surface area contributed by atoms with Crippen molar-refractivity contribution in [2.24, 2.45) is 0 Å². The van der Waals surface area contributed by atoms with Crippen LogP contribution in [0, 0.1) is 0 Å². The van der Waals surface area contributed by atoms with E-state index in [-0.39, 0.29) is 17.9 Å². The molecule has 1 saturated heterocycles. The van der Waals surface area contributed by atoms with Gasteiger partial charge in [0.15, 0.2) is 0 Å². The van der Waals surface area contributed by atoms with Crippen molar-refractivity contribution in [2.45, 2.75) is 31.7 Å². The number of amides is 2. The highest BCUT2D eigenvalue weighted by Crippen LogP contribution is 2.31. The summed E-state index contributed by atoms with van der Waals surface area (Å²) >= 11 is 3.40. The zero-order chi connectivity index (χ0) is 18.8. The van der Waals surface area contributed by atoms with E-state index in [4.69, 9.17) is 4.74 Å². The SMILES string of the molecule is O=C(Nc1ccc2c(c1)C(=O)N1CCCCC1CCO2)c1ccccc1Br. The van der Waals surface area contributed by atoms with Gasteiger partial charge in [-0.1, -0.05) is 12.1 Å². The van der Waals surface area contributed by atoms with Crippen molar-refractivity contribution in [1.82, 2.24) is 4.90 Å². The maximum Gasteiger partial charge on any atom is 0.257 e. The molecule has 4 rings (SSSR count). The highest BCUT2D eigenvalue weighted by Gasteiger charge is 2.31. The Bertz CT molecular complexity index is 883. The molecule has 0 aliphatic carbocycles. The van der Waals surface area contributed by atoms with Gasteiger partial charge in [-0.2, -0.15) is 0 Å². The molecule has 1 atom stereocenters. The molecule has 27 heavy (non-hydrogen) atoms. The third-order valence-electron chi connectivity index (χ3n) is 5.18. The normalized spacial score (nSPS) is 19.2. The summed E-state index contributed by atoms with van der Waals surface area (Å²) in [4.78, 5) is 27.7. The minimum absolute atomic E-state index is 0.00797. The van der Waals surface area contributed by atoms with Crippen LogP contribution in [-0.2, 0) is 0 Å². The highest BCUT2D eigenvalue weighted by atomic mass is 79.9. The van der Waals surface area contributed by atoms with Crippen LogP contribution in [0.15, 0.2) is 46.9 Å². The molecule has 1 unspecified atom stereocenters. The van der Waals surface area contributed by atoms with Crippen LogP contribution >= 0.6 is 15.9 Å². The average molecular weight is 429 g/mol. The maximum absolute atomic E-state index is 13.1. The fourth-order valence-corrected chi connectivity index (χ4v) is 4.24. The standard InChI is InChI=1S/C21H21BrN2O3/c22-18-7-2-1-6-16(18)20(25)23-14-8-9-19-17(13-14)21(26)24-11-4-3-5-15(24)10-12-27-19/h1-2,6-9,13,15H,3-5,10-12H2,(H,23,25). The van der Waals surface area contributed by atoms with Crippen molar-refractivity contribution in [1.29, 1.82) is 0 Å². The molecule has 5 nitrogen and oxygen atoms in total. The summed E-state index contributed by atoms with van der Waals surface area (Å²) in [6, 6.07) is 12.8. The first-order valence-corrected chi connectivity index (χ1v) is 10.1. The lowest BCUT2D eigenvalue weighted by molar-refractivity contribution is 0.0548. The predicted octanol–water partition coefficient (Wildman–Crippen LogP) is 4.48. The number of hydrogen-bond donors (Lipinski definition) is 1. The molecule has 2 aliphatic heterocycles. The maximum atomic E-state index is 13.1. The number of fused-ring (bicyclic) bond motifs is 2. The molecule has 140 valence electrons. The summed E-state index contributed by atoms with van der Waals surface area (Å²) in [5.41, 5.74) is 1.65. The topological polar surface area (TPSA) is 58.6 Å². The van der Waals surface area contributed by atoms with Crippen LogP contribution in [0.2, 0.25) is 0 Å². The minimum Gasteiger partial charge on any atom is -0.493 e. The first-order chi connectivity index (χ1) is 13.1. The van der Waals surface area contributed by atoms with E-state index >= 15 is 0 Å². The number of benzene rings is 2. The fourth-order valence-electron chi connectivity index (χ4n) is 3.77. The lowest BCUT2D eigenvalue weighted by atomic mass is 9.97. The number of carbonyl (C=O) groups is 2. The smallest absolute Gasteiger partial charge is 0.257 e. The number of nitrogens with one attached hydrogen (secondary N) is 1. The monoisotopic (exact) mass is 428 g/mol. The molecule has 0 aromatic heterocycles. The summed E-state index contributed by atoms with van der Waals surface area (Å²) < 4.78 is 6.57. The van der Waals surface area contributed by atoms with Crippen LogP contribution in [0.5, 0.6) is 5.75 Å². The van der Waals surface area contributed by atoms with Gasteiger partial charge in [0.25, 0.3) is 11.8 Å². The quantitative estimate of drug-likeness (QED) is 0.766. The van der Waals surface area contributed by atoms with Crippen molar-refractivity contribution in [3.63, 3.8) is 0 Å². The molecular formula is C21H21BrN2O3. The van der Waals surface area contributed by atoms with E-state index in [0.717, 1.165) is 36.7 Å². The molecule has 6 heteroatoms. The fraction of sp³-hybridized carbons (Fsp3) is 0.333. The van der Waals surface area contributed by atoms with Gasteiger partial charge in [0.2, 0.25) is 0 Å². The molecule has 2 aromatic rings. The van der Waals surface area contributed by atoms with E-state index in [0.29, 0.717) is 29.2 Å². The number of hydrogen-bond acceptors (Lipinski definition) is 3. The second kappa shape index (κ2) is 7.72. The number of rotatable bonds is 2. The summed E-state index contributed by atoms with van der Waals surface area (Å²) in [6.07, 6.45) is 4.09. The van der Waals surface area contributed by atoms with E-state index in [1.807, 2.05) is 23.1 Å². The number of piperidine rings is 1. The van der Waals surface area contributed by atoms with E-state index < -0.39 is 0 Å². The molecule has 2 amide bonds. The Balaban J connectivity index is 1.61. The Morgan fingerprint density at radius 3 is 2.85 bits per heavy atom. The number of nitrogens with zero attached hydrogens (tertiary/aromatic N) is 1. The highest BCUT2D eigenvalue weighted by molar-refractivity contribution is 9.10. The van der Waals surface area contributed by atoms with E-state index in [9.17, 15) is 9.59 Å². The third-order valence-corrected chi connectivity index (χ3v) is 5.87. The number of anilines is 1. The van der Waals surface area contributed by atoms with Crippen molar-refractivity contribution in [3.05, 3.63) is 58.1 Å². The van der Waals surface area contributed by atoms with E-state index in [2.05, 4.69) is 21.2 Å². The van der Waals surface area contributed by atoms with Crippen LogP contribution in [-0.4, -0.2) is 35.9 Å². The summed E-state index contributed by atoms with van der Waals surface area (Å²) in [7, 11) is 0. The molecule has 0 saturated carbocycles. The van der Waals surface area contributed by atoms with Gasteiger partial charge in [-0.3, -0.25) is 9.59 Å². The lowest BCUT2D eigenvalue weighted by Crippen LogP contribution is -2.45. The van der Waals surface area contributed by atoms with Gasteiger partial charge in [-0.05, 0) is 65.5 Å². The molecule has 1 fully saturated rings. The average Bonchev–Trinajstić information content (AvgIpc) is 2.68. The third kappa shape index (κ3) is 3.72. The number of halogens is 1. The first-order valence-electron chi connectivity index (χ1n) is 9.27. The lowest BCUT2D eigenvalue weighted by Gasteiger charge is -2.37. The summed E-state index contributed by atoms with van der Waals surface area (Å²) in [5.74, 6) is 0.354. The van der Waals surface area contributed by atoms with Gasteiger partial charge < -0.3 is 15.0 Å². The van der Waals surface area contributed by atoms with Crippen molar-refractivity contribution in [2.75, 3.05) is 18.5 Å². The second-order valence-electron chi connectivity index (χ2n) is 6.93. The Morgan fingerprint density at radius 2 is 2.00 bits per heavy atom. The van der Waals surface area contributed by atoms with Gasteiger partial charge in [0.1, 0.15) is 5.75 Å². The Hall–Kier alpha value is -2.34. The van der Waals surface area contributed by atoms with E-state index in [1.54, 1.807) is 24.3 Å². The molecule has 0 spiro atoms. The molecule has 0 radical (unpaired) electrons. The zero-order valence-electron chi connectivity index (χ0n) is 14.9. The first kappa shape index (κ1) is 18.0. The summed E-state index contributed by atoms with van der Waals surface area (Å²) in [5, 5.41) is 2.88. The predicted molar refractivity (Wildman–Crippen MR) is 107 cm³/mol. The molecule has 2 aliphatic rings. The second-order valence-corrected chi connectivity index (χ2v) is 7.78. The van der Waals surface area contributed by atoms with Gasteiger partial charge in [0, 0.05) is 29.2 Å². The molecular weight excluding hydrogens is 408 g/mol. The largest absolute Gasteiger partial charge is 0.493 e. The van der Waals surface area contributed by atoms with Crippen LogP contribution < -0.4 is 10.1 Å². The van der Waals surface area contributed by atoms with Gasteiger partial charge in [-0.25, -0.2) is 0 Å². The number of carbonyl (C=O) groups excluding carboxylic acids is 2. The molecule has 0 bridgehead atoms. The Labute approximate surface area is 166 Å². The van der Waals surface area contributed by atoms with Crippen molar-refractivity contribution < 1.29 is 14.3 Å². The molecule has 2 heterocycles. The van der Waals surface area contributed by atoms with Gasteiger partial charge in [0.05, 0.1) is 17.7 Å². The van der Waals surface area contributed by atoms with Crippen LogP contribution in [0.4, 0.5) is 5.69 Å². The van der Waals surface area contributed by atoms with Gasteiger partial charge in [-0.15, -0.1) is 0 Å². The Morgan fingerprint density at radius 1 is 1.15 bits per heavy atom.